The Morgan fingerprint density at radius 1 is 0.870 bits per heavy atom. The van der Waals surface area contributed by atoms with E-state index in [1.54, 1.807) is 60.7 Å². The number of carbonyl (C=O) groups excluding carboxylic acids is 4. The zero-order chi connectivity index (χ0) is 38.1. The smallest absolute Gasteiger partial charge is 0.508 e. The monoisotopic (exact) mass is 735 g/mol. The van der Waals surface area contributed by atoms with Gasteiger partial charge in [0.25, 0.3) is 11.8 Å². The largest absolute Gasteiger partial charge is 0.573 e. The molecule has 2 aliphatic heterocycles. The molecule has 4 aliphatic rings. The lowest BCUT2D eigenvalue weighted by atomic mass is 9.49. The second kappa shape index (κ2) is 12.9. The molecule has 54 heavy (non-hydrogen) atoms. The number of benzene rings is 4. The number of alkyl halides is 3. The van der Waals surface area contributed by atoms with Crippen LogP contribution in [0, 0.1) is 30.6 Å². The quantitative estimate of drug-likeness (QED) is 0.151. The van der Waals surface area contributed by atoms with Gasteiger partial charge in [-0.25, -0.2) is 0 Å². The molecular weight excluding hydrogens is 699 g/mol. The second-order valence-corrected chi connectivity index (χ2v) is 14.4. The van der Waals surface area contributed by atoms with Crippen LogP contribution in [0.4, 0.5) is 24.5 Å². The fourth-order valence-electron chi connectivity index (χ4n) is 9.19. The van der Waals surface area contributed by atoms with E-state index >= 15 is 4.79 Å². The van der Waals surface area contributed by atoms with Crippen LogP contribution in [0.25, 0.3) is 0 Å². The number of allylic oxidation sites excluding steroid dienone is 2. The van der Waals surface area contributed by atoms with Crippen LogP contribution in [0.2, 0.25) is 0 Å². The van der Waals surface area contributed by atoms with E-state index in [4.69, 9.17) is 0 Å². The summed E-state index contributed by atoms with van der Waals surface area (Å²) in [5.74, 6) is -8.09. The Balaban J connectivity index is 1.33. The first kappa shape index (κ1) is 35.1. The SMILES string of the molecule is CCc1ccc(N2C(=O)C3CC=C4C(CC5C(=O)N(Nc6ccc(C)cc6)C(=O)C5(c5ccccc5)C4c4cc(OC(F)(F)F)ccc4O)C3C2=O)cc1. The van der Waals surface area contributed by atoms with E-state index in [2.05, 4.69) is 10.2 Å². The number of halogens is 3. The predicted octanol–water partition coefficient (Wildman–Crippen LogP) is 7.35. The van der Waals surface area contributed by atoms with Gasteiger partial charge in [-0.15, -0.1) is 13.2 Å². The number of hydrazine groups is 1. The summed E-state index contributed by atoms with van der Waals surface area (Å²) in [5.41, 5.74) is 4.83. The van der Waals surface area contributed by atoms with Crippen LogP contribution in [0.5, 0.6) is 11.5 Å². The molecule has 2 N–H and O–H groups in total. The minimum atomic E-state index is -5.07. The third-order valence-electron chi connectivity index (χ3n) is 11.5. The molecule has 1 saturated carbocycles. The Kier molecular flexibility index (Phi) is 8.39. The second-order valence-electron chi connectivity index (χ2n) is 14.4. The van der Waals surface area contributed by atoms with Crippen LogP contribution >= 0.6 is 0 Å². The molecule has 8 rings (SSSR count). The topological polar surface area (TPSA) is 116 Å². The highest BCUT2D eigenvalue weighted by atomic mass is 19.4. The lowest BCUT2D eigenvalue weighted by molar-refractivity contribution is -0.274. The van der Waals surface area contributed by atoms with Gasteiger partial charge in [-0.3, -0.25) is 29.5 Å². The maximum absolute atomic E-state index is 15.3. The molecule has 9 nitrogen and oxygen atoms in total. The molecule has 276 valence electrons. The van der Waals surface area contributed by atoms with Gasteiger partial charge in [0.2, 0.25) is 11.8 Å². The minimum absolute atomic E-state index is 0.0177. The molecule has 6 unspecified atom stereocenters. The van der Waals surface area contributed by atoms with Gasteiger partial charge in [-0.05, 0) is 85.7 Å². The summed E-state index contributed by atoms with van der Waals surface area (Å²) in [6.07, 6.45) is -2.44. The molecule has 2 heterocycles. The number of fused-ring (bicyclic) bond motifs is 4. The highest BCUT2D eigenvalue weighted by molar-refractivity contribution is 6.22. The van der Waals surface area contributed by atoms with Crippen molar-refractivity contribution in [1.29, 1.82) is 0 Å². The minimum Gasteiger partial charge on any atom is -0.508 e. The molecule has 4 aromatic rings. The van der Waals surface area contributed by atoms with Crippen molar-refractivity contribution in [3.63, 3.8) is 0 Å². The standard InChI is InChI=1S/C42H36F3N3O6/c1-3-24-11-15-27(16-12-24)47-37(50)30-19-18-29-31(35(30)39(47)52)22-33-38(51)48(46-26-13-9-23(2)10-14-26)40(53)41(33,25-7-5-4-6-8-25)36(29)32-21-28(17-20-34(32)49)54-42(43,44)45/h4-18,20-21,30-31,33,35-36,46,49H,3,19,22H2,1-2H3. The van der Waals surface area contributed by atoms with E-state index < -0.39 is 70.6 Å². The van der Waals surface area contributed by atoms with Crippen LogP contribution in [0.1, 0.15) is 47.9 Å². The summed E-state index contributed by atoms with van der Waals surface area (Å²) in [7, 11) is 0. The third kappa shape index (κ3) is 5.45. The van der Waals surface area contributed by atoms with Crippen molar-refractivity contribution in [1.82, 2.24) is 5.01 Å². The van der Waals surface area contributed by atoms with Crippen molar-refractivity contribution in [2.45, 2.75) is 50.8 Å². The summed E-state index contributed by atoms with van der Waals surface area (Å²) in [4.78, 5) is 59.8. The van der Waals surface area contributed by atoms with Gasteiger partial charge in [-0.2, -0.15) is 5.01 Å². The molecule has 6 atom stereocenters. The van der Waals surface area contributed by atoms with Crippen molar-refractivity contribution in [3.8, 4) is 11.5 Å². The van der Waals surface area contributed by atoms with Crippen molar-refractivity contribution < 1.29 is 42.2 Å². The third-order valence-corrected chi connectivity index (χ3v) is 11.5. The van der Waals surface area contributed by atoms with Gasteiger partial charge in [0.05, 0.1) is 34.5 Å². The molecule has 0 spiro atoms. The fraction of sp³-hybridized carbons (Fsp3) is 0.286. The van der Waals surface area contributed by atoms with Crippen molar-refractivity contribution in [2.24, 2.45) is 23.7 Å². The van der Waals surface area contributed by atoms with Crippen molar-refractivity contribution in [2.75, 3.05) is 10.3 Å². The Morgan fingerprint density at radius 3 is 2.24 bits per heavy atom. The summed E-state index contributed by atoms with van der Waals surface area (Å²) in [6.45, 7) is 3.88. The van der Waals surface area contributed by atoms with Crippen LogP contribution in [-0.4, -0.2) is 40.1 Å². The Hall–Kier alpha value is -5.91. The normalized spacial score (nSPS) is 26.3. The number of phenols is 1. The number of ether oxygens (including phenoxy) is 1. The first-order valence-corrected chi connectivity index (χ1v) is 17.9. The zero-order valence-corrected chi connectivity index (χ0v) is 29.3. The zero-order valence-electron chi connectivity index (χ0n) is 29.3. The van der Waals surface area contributed by atoms with Crippen molar-refractivity contribution in [3.05, 3.63) is 131 Å². The van der Waals surface area contributed by atoms with E-state index in [0.717, 1.165) is 40.8 Å². The maximum atomic E-state index is 15.3. The average Bonchev–Trinajstić information content (AvgIpc) is 3.54. The van der Waals surface area contributed by atoms with Gasteiger partial charge >= 0.3 is 6.36 Å². The Morgan fingerprint density at radius 2 is 1.57 bits per heavy atom. The van der Waals surface area contributed by atoms with Gasteiger partial charge in [0.15, 0.2) is 0 Å². The lowest BCUT2D eigenvalue weighted by Crippen LogP contribution is -2.53. The van der Waals surface area contributed by atoms with Crippen molar-refractivity contribution >= 4 is 35.0 Å². The van der Waals surface area contributed by atoms with E-state index in [0.29, 0.717) is 22.5 Å². The summed E-state index contributed by atoms with van der Waals surface area (Å²) in [6, 6.07) is 25.8. The molecule has 0 bridgehead atoms. The number of anilines is 2. The van der Waals surface area contributed by atoms with E-state index in [1.165, 1.54) is 4.90 Å². The number of hydrogen-bond donors (Lipinski definition) is 2. The number of nitrogens with one attached hydrogen (secondary N) is 1. The number of aryl methyl sites for hydroxylation is 2. The molecule has 12 heteroatoms. The molecule has 4 amide bonds. The van der Waals surface area contributed by atoms with E-state index in [9.17, 15) is 32.7 Å². The first-order chi connectivity index (χ1) is 25.8. The number of amides is 4. The van der Waals surface area contributed by atoms with Crippen LogP contribution in [0.3, 0.4) is 0 Å². The molecule has 0 radical (unpaired) electrons. The number of nitrogens with zero attached hydrogens (tertiary/aromatic N) is 2. The Labute approximate surface area is 309 Å². The number of phenolic OH excluding ortho intramolecular Hbond substituents is 1. The van der Waals surface area contributed by atoms with Crippen LogP contribution in [-0.2, 0) is 31.0 Å². The number of carbonyl (C=O) groups is 4. The maximum Gasteiger partial charge on any atom is 0.573 e. The van der Waals surface area contributed by atoms with E-state index in [1.807, 2.05) is 38.1 Å². The van der Waals surface area contributed by atoms with Gasteiger partial charge in [-0.1, -0.05) is 78.7 Å². The number of imide groups is 2. The average molecular weight is 736 g/mol. The summed E-state index contributed by atoms with van der Waals surface area (Å²) >= 11 is 0. The number of aromatic hydroxyl groups is 1. The predicted molar refractivity (Wildman–Crippen MR) is 192 cm³/mol. The van der Waals surface area contributed by atoms with Crippen LogP contribution in [0.15, 0.2) is 109 Å². The van der Waals surface area contributed by atoms with Crippen LogP contribution < -0.4 is 15.1 Å². The first-order valence-electron chi connectivity index (χ1n) is 17.9. The number of rotatable bonds is 7. The molecular formula is C42H36F3N3O6. The van der Waals surface area contributed by atoms with Gasteiger partial charge in [0, 0.05) is 11.5 Å². The van der Waals surface area contributed by atoms with Gasteiger partial charge < -0.3 is 9.84 Å². The summed E-state index contributed by atoms with van der Waals surface area (Å²) < 4.78 is 45.1. The summed E-state index contributed by atoms with van der Waals surface area (Å²) in [5, 5.41) is 12.5. The Bertz CT molecular complexity index is 2210. The molecule has 4 aromatic carbocycles. The fourth-order valence-corrected chi connectivity index (χ4v) is 9.19. The molecule has 0 aromatic heterocycles. The highest BCUT2D eigenvalue weighted by Crippen LogP contribution is 2.65. The van der Waals surface area contributed by atoms with Gasteiger partial charge in [0.1, 0.15) is 11.5 Å². The molecule has 2 aliphatic carbocycles. The highest BCUT2D eigenvalue weighted by Gasteiger charge is 2.70. The lowest BCUT2D eigenvalue weighted by Gasteiger charge is -2.50. The van der Waals surface area contributed by atoms with E-state index in [-0.39, 0.29) is 24.3 Å². The molecule has 3 fully saturated rings. The molecule has 2 saturated heterocycles. The number of hydrogen-bond acceptors (Lipinski definition) is 7.